The van der Waals surface area contributed by atoms with Gasteiger partial charge in [0.2, 0.25) is 11.8 Å². The van der Waals surface area contributed by atoms with Crippen LogP contribution in [0.1, 0.15) is 38.2 Å². The first-order valence-corrected chi connectivity index (χ1v) is 8.43. The highest BCUT2D eigenvalue weighted by atomic mass is 19.1. The largest absolute Gasteiger partial charge is 0.391 e. The molecule has 0 spiro atoms. The molecule has 130 valence electrons. The molecular weight excluding hydrogens is 311 g/mol. The Morgan fingerprint density at radius 3 is 2.62 bits per heavy atom. The van der Waals surface area contributed by atoms with Gasteiger partial charge in [0.15, 0.2) is 0 Å². The molecule has 2 amide bonds. The number of rotatable bonds is 7. The molecule has 0 bridgehead atoms. The van der Waals surface area contributed by atoms with E-state index in [1.807, 2.05) is 6.07 Å². The minimum absolute atomic E-state index is 0.0267. The first kappa shape index (κ1) is 16.9. The summed E-state index contributed by atoms with van der Waals surface area (Å²) in [4.78, 5) is 24.2. The fraction of sp³-hybridized carbons (Fsp3) is 0.556. The van der Waals surface area contributed by atoms with Crippen LogP contribution in [0.3, 0.4) is 0 Å². The van der Waals surface area contributed by atoms with Gasteiger partial charge in [0, 0.05) is 17.9 Å². The van der Waals surface area contributed by atoms with Gasteiger partial charge in [-0.3, -0.25) is 9.59 Å². The van der Waals surface area contributed by atoms with Gasteiger partial charge in [0.1, 0.15) is 11.9 Å². The van der Waals surface area contributed by atoms with Crippen LogP contribution >= 0.6 is 0 Å². The normalized spacial score (nSPS) is 20.8. The average molecular weight is 334 g/mol. The maximum absolute atomic E-state index is 13.4. The third-order valence-corrected chi connectivity index (χ3v) is 4.90. The molecule has 0 heterocycles. The van der Waals surface area contributed by atoms with Crippen molar-refractivity contribution in [3.8, 4) is 0 Å². The Bertz CT molecular complexity index is 639. The van der Waals surface area contributed by atoms with Crippen molar-refractivity contribution < 1.29 is 19.1 Å². The summed E-state index contributed by atoms with van der Waals surface area (Å²) in [5.74, 6) is -0.895. The zero-order valence-electron chi connectivity index (χ0n) is 13.7. The SMILES string of the molecule is CC(O)C(NC(=O)C1CC1)C(=O)NCC1(c2cccc(F)c2)CC1. The Kier molecular flexibility index (Phi) is 4.58. The van der Waals surface area contributed by atoms with E-state index >= 15 is 0 Å². The average Bonchev–Trinajstić information content (AvgIpc) is 3.44. The quantitative estimate of drug-likeness (QED) is 0.702. The van der Waals surface area contributed by atoms with E-state index < -0.39 is 18.1 Å². The molecule has 24 heavy (non-hydrogen) atoms. The Labute approximate surface area is 140 Å². The highest BCUT2D eigenvalue weighted by molar-refractivity contribution is 5.89. The number of benzene rings is 1. The molecule has 0 radical (unpaired) electrons. The lowest BCUT2D eigenvalue weighted by Gasteiger charge is -2.23. The molecule has 3 rings (SSSR count). The number of aliphatic hydroxyl groups excluding tert-OH is 1. The molecule has 6 heteroatoms. The van der Waals surface area contributed by atoms with Gasteiger partial charge in [-0.15, -0.1) is 0 Å². The van der Waals surface area contributed by atoms with Gasteiger partial charge < -0.3 is 15.7 Å². The summed E-state index contributed by atoms with van der Waals surface area (Å²) in [5, 5.41) is 15.2. The summed E-state index contributed by atoms with van der Waals surface area (Å²) in [5.41, 5.74) is 0.639. The number of halogens is 1. The van der Waals surface area contributed by atoms with Crippen LogP contribution in [0.15, 0.2) is 24.3 Å². The lowest BCUT2D eigenvalue weighted by Crippen LogP contribution is -2.53. The maximum Gasteiger partial charge on any atom is 0.245 e. The highest BCUT2D eigenvalue weighted by Gasteiger charge is 2.45. The minimum atomic E-state index is -0.975. The predicted molar refractivity (Wildman–Crippen MR) is 86.7 cm³/mol. The summed E-state index contributed by atoms with van der Waals surface area (Å²) in [6, 6.07) is 5.47. The lowest BCUT2D eigenvalue weighted by atomic mass is 9.95. The van der Waals surface area contributed by atoms with Gasteiger partial charge in [-0.1, -0.05) is 12.1 Å². The Morgan fingerprint density at radius 2 is 2.08 bits per heavy atom. The van der Waals surface area contributed by atoms with Gasteiger partial charge in [-0.2, -0.15) is 0 Å². The zero-order chi connectivity index (χ0) is 17.3. The van der Waals surface area contributed by atoms with E-state index in [0.717, 1.165) is 31.2 Å². The summed E-state index contributed by atoms with van der Waals surface area (Å²) in [6.07, 6.45) is 2.46. The second kappa shape index (κ2) is 6.51. The first-order valence-electron chi connectivity index (χ1n) is 8.43. The van der Waals surface area contributed by atoms with Crippen LogP contribution in [0.5, 0.6) is 0 Å². The van der Waals surface area contributed by atoms with Crippen LogP contribution < -0.4 is 10.6 Å². The number of carbonyl (C=O) groups excluding carboxylic acids is 2. The van der Waals surface area contributed by atoms with Crippen molar-refractivity contribution in [2.45, 2.75) is 50.2 Å². The standard InChI is InChI=1S/C18H23FN2O3/c1-11(22)15(21-16(23)12-5-6-12)17(24)20-10-18(7-8-18)13-3-2-4-14(19)9-13/h2-4,9,11-12,15,22H,5-8,10H2,1H3,(H,20,24)(H,21,23). The zero-order valence-corrected chi connectivity index (χ0v) is 13.7. The monoisotopic (exact) mass is 334 g/mol. The number of carbonyl (C=O) groups is 2. The Hall–Kier alpha value is -1.95. The van der Waals surface area contributed by atoms with Crippen LogP contribution in [0.2, 0.25) is 0 Å². The topological polar surface area (TPSA) is 78.4 Å². The molecule has 0 saturated heterocycles. The third-order valence-electron chi connectivity index (χ3n) is 4.90. The summed E-state index contributed by atoms with van der Waals surface area (Å²) < 4.78 is 13.4. The van der Waals surface area contributed by atoms with Gasteiger partial charge in [0.05, 0.1) is 6.10 Å². The first-order chi connectivity index (χ1) is 11.4. The molecule has 2 atom stereocenters. The van der Waals surface area contributed by atoms with E-state index in [4.69, 9.17) is 0 Å². The van der Waals surface area contributed by atoms with Crippen molar-refractivity contribution in [1.82, 2.24) is 10.6 Å². The number of aliphatic hydroxyl groups is 1. The molecule has 2 aliphatic rings. The van der Waals surface area contributed by atoms with E-state index in [2.05, 4.69) is 10.6 Å². The van der Waals surface area contributed by atoms with Crippen molar-refractivity contribution in [3.05, 3.63) is 35.6 Å². The van der Waals surface area contributed by atoms with Crippen LogP contribution in [0.25, 0.3) is 0 Å². The second-order valence-corrected chi connectivity index (χ2v) is 7.01. The Morgan fingerprint density at radius 1 is 1.38 bits per heavy atom. The van der Waals surface area contributed by atoms with Crippen LogP contribution in [0, 0.1) is 11.7 Å². The number of hydrogen-bond acceptors (Lipinski definition) is 3. The molecule has 2 unspecified atom stereocenters. The van der Waals surface area contributed by atoms with Crippen molar-refractivity contribution in [3.63, 3.8) is 0 Å². The molecule has 2 saturated carbocycles. The van der Waals surface area contributed by atoms with Crippen LogP contribution in [-0.4, -0.2) is 35.6 Å². The fourth-order valence-corrected chi connectivity index (χ4v) is 2.92. The van der Waals surface area contributed by atoms with E-state index in [0.29, 0.717) is 6.54 Å². The van der Waals surface area contributed by atoms with Gasteiger partial charge in [-0.05, 0) is 50.3 Å². The van der Waals surface area contributed by atoms with Crippen molar-refractivity contribution in [2.24, 2.45) is 5.92 Å². The molecule has 0 aromatic heterocycles. The Balaban J connectivity index is 1.60. The van der Waals surface area contributed by atoms with Gasteiger partial charge in [-0.25, -0.2) is 4.39 Å². The van der Waals surface area contributed by atoms with Crippen LogP contribution in [-0.2, 0) is 15.0 Å². The summed E-state index contributed by atoms with van der Waals surface area (Å²) in [6.45, 7) is 1.86. The lowest BCUT2D eigenvalue weighted by molar-refractivity contribution is -0.132. The predicted octanol–water partition coefficient (Wildman–Crippen LogP) is 1.25. The molecule has 5 nitrogen and oxygen atoms in total. The molecule has 2 aliphatic carbocycles. The summed E-state index contributed by atoms with van der Waals surface area (Å²) in [7, 11) is 0. The number of amides is 2. The molecule has 1 aromatic rings. The van der Waals surface area contributed by atoms with E-state index in [-0.39, 0.29) is 23.1 Å². The second-order valence-electron chi connectivity index (χ2n) is 7.01. The van der Waals surface area contributed by atoms with Crippen molar-refractivity contribution in [2.75, 3.05) is 6.54 Å². The third kappa shape index (κ3) is 3.75. The van der Waals surface area contributed by atoms with Gasteiger partial charge >= 0.3 is 0 Å². The van der Waals surface area contributed by atoms with Gasteiger partial charge in [0.25, 0.3) is 0 Å². The van der Waals surface area contributed by atoms with E-state index in [1.165, 1.54) is 19.1 Å². The van der Waals surface area contributed by atoms with E-state index in [9.17, 15) is 19.1 Å². The molecule has 1 aromatic carbocycles. The molecule has 0 aliphatic heterocycles. The molecule has 2 fully saturated rings. The highest BCUT2D eigenvalue weighted by Crippen LogP contribution is 2.47. The van der Waals surface area contributed by atoms with Crippen molar-refractivity contribution in [1.29, 1.82) is 0 Å². The van der Waals surface area contributed by atoms with E-state index in [1.54, 1.807) is 6.07 Å². The van der Waals surface area contributed by atoms with Crippen molar-refractivity contribution >= 4 is 11.8 Å². The molecular formula is C18H23FN2O3. The maximum atomic E-state index is 13.4. The summed E-state index contributed by atoms with van der Waals surface area (Å²) >= 11 is 0. The van der Waals surface area contributed by atoms with Crippen LogP contribution in [0.4, 0.5) is 4.39 Å². The smallest absolute Gasteiger partial charge is 0.245 e. The fourth-order valence-electron chi connectivity index (χ4n) is 2.92. The number of nitrogens with one attached hydrogen (secondary N) is 2. The molecule has 3 N–H and O–H groups in total. The number of hydrogen-bond donors (Lipinski definition) is 3. The minimum Gasteiger partial charge on any atom is -0.391 e.